The first-order valence-electron chi connectivity index (χ1n) is 5.30. The third-order valence-electron chi connectivity index (χ3n) is 2.38. The molecule has 1 aromatic carbocycles. The molecule has 0 spiro atoms. The summed E-state index contributed by atoms with van der Waals surface area (Å²) in [6.45, 7) is 5.08. The second kappa shape index (κ2) is 4.61. The van der Waals surface area contributed by atoms with Gasteiger partial charge in [0.1, 0.15) is 0 Å². The molecule has 0 aliphatic rings. The quantitative estimate of drug-likeness (QED) is 0.479. The molecule has 6 heteroatoms. The van der Waals surface area contributed by atoms with Gasteiger partial charge in [-0.05, 0) is 39.0 Å². The Bertz CT molecular complexity index is 449. The number of nitrogens with zero attached hydrogens (tertiary/aromatic N) is 1. The molecule has 100 valence electrons. The Morgan fingerprint density at radius 2 is 1.78 bits per heavy atom. The average molecular weight is 260 g/mol. The van der Waals surface area contributed by atoms with Crippen molar-refractivity contribution in [2.75, 3.05) is 0 Å². The standard InChI is InChI=1S/C12H15F3N2O/c1-11(2,3)17(16)10(18)8-5-4-6-9(7-8)12(13,14)15/h4-7H,16H2,1-3H3. The summed E-state index contributed by atoms with van der Waals surface area (Å²) in [6.07, 6.45) is -4.47. The van der Waals surface area contributed by atoms with Gasteiger partial charge in [0.25, 0.3) is 5.91 Å². The maximum absolute atomic E-state index is 12.5. The molecule has 0 unspecified atom stereocenters. The van der Waals surface area contributed by atoms with Crippen LogP contribution in [0.15, 0.2) is 24.3 Å². The topological polar surface area (TPSA) is 46.3 Å². The van der Waals surface area contributed by atoms with Crippen molar-refractivity contribution in [3.05, 3.63) is 35.4 Å². The highest BCUT2D eigenvalue weighted by Crippen LogP contribution is 2.29. The summed E-state index contributed by atoms with van der Waals surface area (Å²) in [5.74, 6) is 4.94. The van der Waals surface area contributed by atoms with Crippen molar-refractivity contribution in [3.63, 3.8) is 0 Å². The maximum Gasteiger partial charge on any atom is 0.416 e. The van der Waals surface area contributed by atoms with Gasteiger partial charge in [-0.25, -0.2) is 5.84 Å². The van der Waals surface area contributed by atoms with Gasteiger partial charge in [-0.3, -0.25) is 9.80 Å². The molecule has 1 rings (SSSR count). The molecule has 0 atom stereocenters. The number of carbonyl (C=O) groups is 1. The fourth-order valence-electron chi connectivity index (χ4n) is 1.27. The van der Waals surface area contributed by atoms with Gasteiger partial charge in [0.05, 0.1) is 11.1 Å². The Kier molecular flexibility index (Phi) is 3.71. The lowest BCUT2D eigenvalue weighted by Gasteiger charge is -2.31. The monoisotopic (exact) mass is 260 g/mol. The van der Waals surface area contributed by atoms with Crippen molar-refractivity contribution < 1.29 is 18.0 Å². The van der Waals surface area contributed by atoms with Gasteiger partial charge in [0.2, 0.25) is 0 Å². The summed E-state index contributed by atoms with van der Waals surface area (Å²) in [5.41, 5.74) is -1.61. The van der Waals surface area contributed by atoms with E-state index in [9.17, 15) is 18.0 Å². The molecule has 1 amide bonds. The van der Waals surface area contributed by atoms with Gasteiger partial charge in [0.15, 0.2) is 0 Å². The lowest BCUT2D eigenvalue weighted by atomic mass is 10.1. The summed E-state index contributed by atoms with van der Waals surface area (Å²) < 4.78 is 37.5. The van der Waals surface area contributed by atoms with Gasteiger partial charge >= 0.3 is 6.18 Å². The van der Waals surface area contributed by atoms with E-state index in [1.165, 1.54) is 12.1 Å². The van der Waals surface area contributed by atoms with E-state index in [1.54, 1.807) is 20.8 Å². The van der Waals surface area contributed by atoms with Gasteiger partial charge in [-0.15, -0.1) is 0 Å². The van der Waals surface area contributed by atoms with E-state index in [0.717, 1.165) is 17.1 Å². The summed E-state index contributed by atoms with van der Waals surface area (Å²) in [7, 11) is 0. The predicted octanol–water partition coefficient (Wildman–Crippen LogP) is 2.82. The molecular formula is C12H15F3N2O. The van der Waals surface area contributed by atoms with Gasteiger partial charge in [-0.2, -0.15) is 13.2 Å². The van der Waals surface area contributed by atoms with Gasteiger partial charge in [-0.1, -0.05) is 6.07 Å². The zero-order chi connectivity index (χ0) is 14.1. The van der Waals surface area contributed by atoms with Crippen LogP contribution in [0, 0.1) is 0 Å². The molecule has 0 heterocycles. The van der Waals surface area contributed by atoms with Crippen LogP contribution in [-0.4, -0.2) is 16.5 Å². The van der Waals surface area contributed by atoms with E-state index in [4.69, 9.17) is 5.84 Å². The fourth-order valence-corrected chi connectivity index (χ4v) is 1.27. The second-order valence-corrected chi connectivity index (χ2v) is 4.92. The van der Waals surface area contributed by atoms with E-state index in [0.29, 0.717) is 0 Å². The summed E-state index contributed by atoms with van der Waals surface area (Å²) in [6, 6.07) is 4.21. The molecule has 0 saturated carbocycles. The van der Waals surface area contributed by atoms with Crippen molar-refractivity contribution in [2.24, 2.45) is 5.84 Å². The van der Waals surface area contributed by atoms with E-state index >= 15 is 0 Å². The number of halogens is 3. The van der Waals surface area contributed by atoms with Crippen LogP contribution in [0.2, 0.25) is 0 Å². The van der Waals surface area contributed by atoms with Crippen LogP contribution in [0.4, 0.5) is 13.2 Å². The Balaban J connectivity index is 3.09. The molecule has 0 aliphatic carbocycles. The maximum atomic E-state index is 12.5. The van der Waals surface area contributed by atoms with E-state index in [1.807, 2.05) is 0 Å². The minimum Gasteiger partial charge on any atom is -0.271 e. The van der Waals surface area contributed by atoms with Crippen LogP contribution in [0.25, 0.3) is 0 Å². The van der Waals surface area contributed by atoms with E-state index < -0.39 is 23.2 Å². The highest BCUT2D eigenvalue weighted by molar-refractivity contribution is 5.94. The molecule has 2 N–H and O–H groups in total. The number of hydrogen-bond acceptors (Lipinski definition) is 2. The second-order valence-electron chi connectivity index (χ2n) is 4.92. The van der Waals surface area contributed by atoms with Gasteiger partial charge in [0, 0.05) is 5.56 Å². The Morgan fingerprint density at radius 1 is 1.22 bits per heavy atom. The fraction of sp³-hybridized carbons (Fsp3) is 0.417. The van der Waals surface area contributed by atoms with Crippen LogP contribution in [-0.2, 0) is 6.18 Å². The first-order valence-corrected chi connectivity index (χ1v) is 5.30. The Morgan fingerprint density at radius 3 is 2.22 bits per heavy atom. The number of hydrazine groups is 1. The van der Waals surface area contributed by atoms with Crippen molar-refractivity contribution in [2.45, 2.75) is 32.5 Å². The summed E-state index contributed by atoms with van der Waals surface area (Å²) >= 11 is 0. The molecule has 0 saturated heterocycles. The van der Waals surface area contributed by atoms with Crippen LogP contribution < -0.4 is 5.84 Å². The smallest absolute Gasteiger partial charge is 0.271 e. The molecule has 0 radical (unpaired) electrons. The SMILES string of the molecule is CC(C)(C)N(N)C(=O)c1cccc(C(F)(F)F)c1. The normalized spacial score (nSPS) is 12.4. The highest BCUT2D eigenvalue weighted by atomic mass is 19.4. The number of benzene rings is 1. The van der Waals surface area contributed by atoms with Crippen molar-refractivity contribution in [1.82, 2.24) is 5.01 Å². The zero-order valence-corrected chi connectivity index (χ0v) is 10.4. The van der Waals surface area contributed by atoms with Crippen molar-refractivity contribution >= 4 is 5.91 Å². The zero-order valence-electron chi connectivity index (χ0n) is 10.4. The Hall–Kier alpha value is -1.56. The molecule has 3 nitrogen and oxygen atoms in total. The van der Waals surface area contributed by atoms with Crippen molar-refractivity contribution in [1.29, 1.82) is 0 Å². The number of alkyl halides is 3. The molecule has 18 heavy (non-hydrogen) atoms. The van der Waals surface area contributed by atoms with Crippen LogP contribution in [0.3, 0.4) is 0 Å². The van der Waals surface area contributed by atoms with Crippen LogP contribution >= 0.6 is 0 Å². The Labute approximate surface area is 103 Å². The predicted molar refractivity (Wildman–Crippen MR) is 61.6 cm³/mol. The number of hydrogen-bond donors (Lipinski definition) is 1. The lowest BCUT2D eigenvalue weighted by Crippen LogP contribution is -2.50. The summed E-state index contributed by atoms with van der Waals surface area (Å²) in [5, 5.41) is 0.919. The number of carbonyl (C=O) groups excluding carboxylic acids is 1. The third kappa shape index (κ3) is 3.22. The van der Waals surface area contributed by atoms with Gasteiger partial charge < -0.3 is 0 Å². The average Bonchev–Trinajstić information content (AvgIpc) is 2.25. The largest absolute Gasteiger partial charge is 0.416 e. The van der Waals surface area contributed by atoms with Crippen LogP contribution in [0.5, 0.6) is 0 Å². The number of amides is 1. The van der Waals surface area contributed by atoms with Crippen molar-refractivity contribution in [3.8, 4) is 0 Å². The summed E-state index contributed by atoms with van der Waals surface area (Å²) in [4.78, 5) is 11.9. The molecule has 0 aromatic heterocycles. The molecule has 0 fully saturated rings. The first-order chi connectivity index (χ1) is 8.03. The molecule has 1 aromatic rings. The minimum absolute atomic E-state index is 0.0812. The number of nitrogens with two attached hydrogens (primary N) is 1. The molecular weight excluding hydrogens is 245 g/mol. The van der Waals surface area contributed by atoms with Crippen LogP contribution in [0.1, 0.15) is 36.7 Å². The first kappa shape index (κ1) is 14.5. The minimum atomic E-state index is -4.47. The highest BCUT2D eigenvalue weighted by Gasteiger charge is 2.32. The number of rotatable bonds is 1. The lowest BCUT2D eigenvalue weighted by molar-refractivity contribution is -0.137. The molecule has 0 aliphatic heterocycles. The van der Waals surface area contributed by atoms with E-state index in [-0.39, 0.29) is 5.56 Å². The van der Waals surface area contributed by atoms with E-state index in [2.05, 4.69) is 0 Å². The molecule has 0 bridgehead atoms. The third-order valence-corrected chi connectivity index (χ3v) is 2.38.